The van der Waals surface area contributed by atoms with Crippen LogP contribution in [0.25, 0.3) is 0 Å². The Kier molecular flexibility index (Phi) is 3.11. The fraction of sp³-hybridized carbons (Fsp3) is 0.333. The van der Waals surface area contributed by atoms with Crippen molar-refractivity contribution in [3.05, 3.63) is 22.1 Å². The molecule has 0 saturated heterocycles. The quantitative estimate of drug-likeness (QED) is 0.892. The second-order valence-electron chi connectivity index (χ2n) is 3.35. The predicted molar refractivity (Wildman–Crippen MR) is 61.8 cm³/mol. The Labute approximate surface area is 102 Å². The first-order valence-corrected chi connectivity index (χ1v) is 5.83. The van der Waals surface area contributed by atoms with Crippen molar-refractivity contribution in [2.24, 2.45) is 0 Å². The van der Waals surface area contributed by atoms with Crippen LogP contribution >= 0.6 is 23.4 Å². The number of rotatable bonds is 2. The second-order valence-corrected chi connectivity index (χ2v) is 4.67. The molecule has 0 aliphatic rings. The van der Waals surface area contributed by atoms with Crippen molar-refractivity contribution in [1.29, 1.82) is 0 Å². The molecule has 1 N–H and O–H groups in total. The van der Waals surface area contributed by atoms with Crippen LogP contribution < -0.4 is 0 Å². The van der Waals surface area contributed by atoms with Gasteiger partial charge in [0.25, 0.3) is 0 Å². The third kappa shape index (κ3) is 2.17. The standard InChI is InChI=1S/C9H10ClN5S/c1-4-5(2)8(14-13-7(4)10)16-9-11-6(3)12-15-9/h1-3H3,(H,11,12,15). The molecule has 0 atom stereocenters. The minimum absolute atomic E-state index is 0.438. The van der Waals surface area contributed by atoms with E-state index in [1.54, 1.807) is 0 Å². The maximum absolute atomic E-state index is 5.87. The van der Waals surface area contributed by atoms with Gasteiger partial charge in [0.05, 0.1) is 0 Å². The number of nitrogens with one attached hydrogen (secondary N) is 1. The van der Waals surface area contributed by atoms with Crippen molar-refractivity contribution in [3.8, 4) is 0 Å². The molecule has 0 spiro atoms. The average molecular weight is 256 g/mol. The van der Waals surface area contributed by atoms with Gasteiger partial charge in [0.15, 0.2) is 5.15 Å². The normalized spacial score (nSPS) is 10.8. The Morgan fingerprint density at radius 1 is 1.12 bits per heavy atom. The topological polar surface area (TPSA) is 67.3 Å². The lowest BCUT2D eigenvalue weighted by atomic mass is 10.2. The molecule has 2 aromatic heterocycles. The zero-order valence-corrected chi connectivity index (χ0v) is 10.6. The number of nitrogens with zero attached hydrogens (tertiary/aromatic N) is 4. The molecular formula is C9H10ClN5S. The third-order valence-corrected chi connectivity index (χ3v) is 3.49. The van der Waals surface area contributed by atoms with Gasteiger partial charge in [0.2, 0.25) is 5.16 Å². The van der Waals surface area contributed by atoms with Gasteiger partial charge in [0, 0.05) is 0 Å². The molecule has 0 aliphatic carbocycles. The maximum Gasteiger partial charge on any atom is 0.214 e. The van der Waals surface area contributed by atoms with Crippen molar-refractivity contribution in [2.45, 2.75) is 31.0 Å². The lowest BCUT2D eigenvalue weighted by molar-refractivity contribution is 0.882. The number of hydrogen-bond donors (Lipinski definition) is 1. The predicted octanol–water partition coefficient (Wildman–Crippen LogP) is 2.32. The van der Waals surface area contributed by atoms with Crippen LogP contribution in [-0.2, 0) is 0 Å². The molecular weight excluding hydrogens is 246 g/mol. The maximum atomic E-state index is 5.87. The van der Waals surface area contributed by atoms with Gasteiger partial charge >= 0.3 is 0 Å². The average Bonchev–Trinajstić information content (AvgIpc) is 2.65. The lowest BCUT2D eigenvalue weighted by Crippen LogP contribution is -1.95. The Hall–Kier alpha value is -1.14. The van der Waals surface area contributed by atoms with E-state index < -0.39 is 0 Å². The largest absolute Gasteiger partial charge is 0.262 e. The smallest absolute Gasteiger partial charge is 0.214 e. The molecule has 0 aromatic carbocycles. The molecule has 0 saturated carbocycles. The molecule has 0 aliphatic heterocycles. The molecule has 0 fully saturated rings. The van der Waals surface area contributed by atoms with Crippen LogP contribution in [0.4, 0.5) is 0 Å². The molecule has 0 radical (unpaired) electrons. The van der Waals surface area contributed by atoms with E-state index in [-0.39, 0.29) is 0 Å². The summed E-state index contributed by atoms with van der Waals surface area (Å²) in [5.41, 5.74) is 1.94. The van der Waals surface area contributed by atoms with Gasteiger partial charge in [-0.25, -0.2) is 4.98 Å². The molecule has 0 amide bonds. The molecule has 0 unspecified atom stereocenters. The zero-order valence-electron chi connectivity index (χ0n) is 9.08. The van der Waals surface area contributed by atoms with Crippen molar-refractivity contribution in [2.75, 3.05) is 0 Å². The van der Waals surface area contributed by atoms with E-state index in [0.29, 0.717) is 10.3 Å². The highest BCUT2D eigenvalue weighted by atomic mass is 35.5. The Balaban J connectivity index is 2.32. The van der Waals surface area contributed by atoms with E-state index in [9.17, 15) is 0 Å². The highest BCUT2D eigenvalue weighted by molar-refractivity contribution is 7.99. The molecule has 5 nitrogen and oxygen atoms in total. The first-order chi connectivity index (χ1) is 7.58. The summed E-state index contributed by atoms with van der Waals surface area (Å²) in [4.78, 5) is 4.19. The SMILES string of the molecule is Cc1nc(Sc2nnc(Cl)c(C)c2C)n[nH]1. The van der Waals surface area contributed by atoms with Crippen LogP contribution in [0.5, 0.6) is 0 Å². The zero-order chi connectivity index (χ0) is 11.7. The number of aromatic nitrogens is 5. The van der Waals surface area contributed by atoms with Crippen LogP contribution in [0, 0.1) is 20.8 Å². The van der Waals surface area contributed by atoms with E-state index >= 15 is 0 Å². The number of H-pyrrole nitrogens is 1. The van der Waals surface area contributed by atoms with E-state index in [1.807, 2.05) is 20.8 Å². The monoisotopic (exact) mass is 255 g/mol. The highest BCUT2D eigenvalue weighted by Crippen LogP contribution is 2.28. The minimum Gasteiger partial charge on any atom is -0.262 e. The van der Waals surface area contributed by atoms with Gasteiger partial charge in [-0.05, 0) is 43.7 Å². The van der Waals surface area contributed by atoms with E-state index in [0.717, 1.165) is 22.0 Å². The summed E-state index contributed by atoms with van der Waals surface area (Å²) in [6.45, 7) is 5.72. The van der Waals surface area contributed by atoms with Gasteiger partial charge in [-0.15, -0.1) is 15.3 Å². The molecule has 2 aromatic rings. The van der Waals surface area contributed by atoms with E-state index in [4.69, 9.17) is 11.6 Å². The first kappa shape index (κ1) is 11.3. The summed E-state index contributed by atoms with van der Waals surface area (Å²) in [5, 5.41) is 16.6. The summed E-state index contributed by atoms with van der Waals surface area (Å²) >= 11 is 7.24. The van der Waals surface area contributed by atoms with Gasteiger partial charge in [-0.3, -0.25) is 5.10 Å². The third-order valence-electron chi connectivity index (χ3n) is 2.19. The summed E-state index contributed by atoms with van der Waals surface area (Å²) in [5.74, 6) is 0.777. The van der Waals surface area contributed by atoms with Gasteiger partial charge in [-0.2, -0.15) is 0 Å². The highest BCUT2D eigenvalue weighted by Gasteiger charge is 2.11. The van der Waals surface area contributed by atoms with Gasteiger partial charge < -0.3 is 0 Å². The fourth-order valence-corrected chi connectivity index (χ4v) is 2.12. The van der Waals surface area contributed by atoms with Crippen molar-refractivity contribution >= 4 is 23.4 Å². The Morgan fingerprint density at radius 2 is 1.88 bits per heavy atom. The second kappa shape index (κ2) is 4.39. The van der Waals surface area contributed by atoms with Crippen LogP contribution in [0.1, 0.15) is 17.0 Å². The Morgan fingerprint density at radius 3 is 2.50 bits per heavy atom. The molecule has 84 valence electrons. The number of hydrogen-bond acceptors (Lipinski definition) is 5. The summed E-state index contributed by atoms with van der Waals surface area (Å²) in [6, 6.07) is 0. The van der Waals surface area contributed by atoms with Gasteiger partial charge in [0.1, 0.15) is 10.9 Å². The summed E-state index contributed by atoms with van der Waals surface area (Å²) in [6.07, 6.45) is 0. The summed E-state index contributed by atoms with van der Waals surface area (Å²) in [7, 11) is 0. The first-order valence-electron chi connectivity index (χ1n) is 4.64. The van der Waals surface area contributed by atoms with E-state index in [2.05, 4.69) is 25.4 Å². The van der Waals surface area contributed by atoms with Crippen molar-refractivity contribution in [3.63, 3.8) is 0 Å². The molecule has 16 heavy (non-hydrogen) atoms. The van der Waals surface area contributed by atoms with E-state index in [1.165, 1.54) is 11.8 Å². The lowest BCUT2D eigenvalue weighted by Gasteiger charge is -2.04. The van der Waals surface area contributed by atoms with Crippen molar-refractivity contribution in [1.82, 2.24) is 25.4 Å². The van der Waals surface area contributed by atoms with Gasteiger partial charge in [-0.1, -0.05) is 11.6 Å². The van der Waals surface area contributed by atoms with Crippen LogP contribution in [0.2, 0.25) is 5.15 Å². The fourth-order valence-electron chi connectivity index (χ4n) is 1.11. The van der Waals surface area contributed by atoms with Crippen molar-refractivity contribution < 1.29 is 0 Å². The molecule has 0 bridgehead atoms. The molecule has 7 heteroatoms. The minimum atomic E-state index is 0.438. The number of aryl methyl sites for hydroxylation is 1. The number of aromatic amines is 1. The molecule has 2 rings (SSSR count). The molecule has 2 heterocycles. The Bertz CT molecular complexity index is 525. The van der Waals surface area contributed by atoms with Crippen LogP contribution in [0.15, 0.2) is 10.2 Å². The summed E-state index contributed by atoms with van der Waals surface area (Å²) < 4.78 is 0. The van der Waals surface area contributed by atoms with Crippen LogP contribution in [0.3, 0.4) is 0 Å². The van der Waals surface area contributed by atoms with Crippen LogP contribution in [-0.4, -0.2) is 25.4 Å². The number of halogens is 1.